The van der Waals surface area contributed by atoms with E-state index in [0.717, 1.165) is 0 Å². The highest BCUT2D eigenvalue weighted by molar-refractivity contribution is 6.21. The van der Waals surface area contributed by atoms with Gasteiger partial charge in [-0.2, -0.15) is 9.28 Å². The van der Waals surface area contributed by atoms with Crippen LogP contribution in [-0.4, -0.2) is 11.9 Å². The number of rotatable bonds is 0. The minimum Gasteiger partial charge on any atom is -0.232 e. The van der Waals surface area contributed by atoms with Crippen LogP contribution in [0, 0.1) is 0 Å². The molecular weight excluding hydrogens is 134 g/mol. The summed E-state index contributed by atoms with van der Waals surface area (Å²) in [4.78, 5) is 8.34. The molecule has 4 heteroatoms. The SMILES string of the molecule is FC1(Cl)CCCOO1. The predicted molar refractivity (Wildman–Crippen MR) is 26.0 cm³/mol. The minimum absolute atomic E-state index is 0.203. The van der Waals surface area contributed by atoms with Crippen molar-refractivity contribution in [3.05, 3.63) is 0 Å². The lowest BCUT2D eigenvalue weighted by Crippen LogP contribution is -2.25. The van der Waals surface area contributed by atoms with Gasteiger partial charge < -0.3 is 0 Å². The quantitative estimate of drug-likeness (QED) is 0.376. The Morgan fingerprint density at radius 3 is 2.62 bits per heavy atom. The Labute approximate surface area is 51.5 Å². The molecule has 0 aromatic rings. The fraction of sp³-hybridized carbons (Fsp3) is 1.00. The van der Waals surface area contributed by atoms with Crippen molar-refractivity contribution in [1.29, 1.82) is 0 Å². The summed E-state index contributed by atoms with van der Waals surface area (Å²) in [6, 6.07) is 0. The summed E-state index contributed by atoms with van der Waals surface area (Å²) in [6.07, 6.45) is 0.814. The Balaban J connectivity index is 2.33. The zero-order valence-corrected chi connectivity index (χ0v) is 4.95. The molecule has 0 aromatic carbocycles. The summed E-state index contributed by atoms with van der Waals surface area (Å²) in [6.45, 7) is 0.429. The summed E-state index contributed by atoms with van der Waals surface area (Å²) in [7, 11) is 0. The lowest BCUT2D eigenvalue weighted by Gasteiger charge is -2.20. The van der Waals surface area contributed by atoms with E-state index in [0.29, 0.717) is 13.0 Å². The predicted octanol–water partition coefficient (Wildman–Crippen LogP) is 1.59. The second-order valence-corrected chi connectivity index (χ2v) is 2.21. The molecule has 1 rings (SSSR count). The molecule has 0 radical (unpaired) electrons. The number of hydrogen-bond donors (Lipinski definition) is 0. The van der Waals surface area contributed by atoms with Crippen LogP contribution in [0.25, 0.3) is 0 Å². The largest absolute Gasteiger partial charge is 0.314 e. The molecule has 1 aliphatic heterocycles. The molecule has 48 valence electrons. The highest BCUT2D eigenvalue weighted by Crippen LogP contribution is 2.28. The molecule has 0 saturated carbocycles. The van der Waals surface area contributed by atoms with E-state index in [9.17, 15) is 4.39 Å². The van der Waals surface area contributed by atoms with Crippen LogP contribution in [0.4, 0.5) is 4.39 Å². The van der Waals surface area contributed by atoms with Gasteiger partial charge in [-0.25, -0.2) is 4.89 Å². The molecule has 1 saturated heterocycles. The Kier molecular flexibility index (Phi) is 1.70. The normalized spacial score (nSPS) is 39.8. The zero-order chi connectivity index (χ0) is 6.04. The van der Waals surface area contributed by atoms with Crippen LogP contribution in [0.1, 0.15) is 12.8 Å². The highest BCUT2D eigenvalue weighted by atomic mass is 35.5. The Morgan fingerprint density at radius 2 is 2.38 bits per heavy atom. The van der Waals surface area contributed by atoms with Crippen LogP contribution in [0.3, 0.4) is 0 Å². The van der Waals surface area contributed by atoms with Crippen LogP contribution in [0.15, 0.2) is 0 Å². The van der Waals surface area contributed by atoms with Crippen molar-refractivity contribution in [2.24, 2.45) is 0 Å². The molecule has 1 fully saturated rings. The molecule has 2 nitrogen and oxygen atoms in total. The van der Waals surface area contributed by atoms with E-state index < -0.39 is 5.31 Å². The van der Waals surface area contributed by atoms with E-state index in [1.807, 2.05) is 0 Å². The Hall–Kier alpha value is 0.140. The Bertz CT molecular complexity index is 78.1. The van der Waals surface area contributed by atoms with Gasteiger partial charge in [0, 0.05) is 6.42 Å². The van der Waals surface area contributed by atoms with E-state index in [1.165, 1.54) is 0 Å². The molecule has 0 amide bonds. The maximum atomic E-state index is 12.3. The molecule has 0 aromatic heterocycles. The summed E-state index contributed by atoms with van der Waals surface area (Å²) in [5.74, 6) is 0. The van der Waals surface area contributed by atoms with Crippen LogP contribution in [0.5, 0.6) is 0 Å². The smallest absolute Gasteiger partial charge is 0.232 e. The molecule has 1 atom stereocenters. The molecule has 0 spiro atoms. The second kappa shape index (κ2) is 2.17. The van der Waals surface area contributed by atoms with Gasteiger partial charge in [-0.1, -0.05) is 0 Å². The third-order valence-corrected chi connectivity index (χ3v) is 1.13. The van der Waals surface area contributed by atoms with Gasteiger partial charge in [-0.3, -0.25) is 0 Å². The molecule has 1 aliphatic rings. The molecule has 1 unspecified atom stereocenters. The maximum absolute atomic E-state index is 12.3. The first-order valence-electron chi connectivity index (χ1n) is 2.39. The average molecular weight is 141 g/mol. The number of hydrogen-bond acceptors (Lipinski definition) is 2. The number of halogens is 2. The molecular formula is C4H6ClFO2. The lowest BCUT2D eigenvalue weighted by atomic mass is 10.3. The molecule has 8 heavy (non-hydrogen) atoms. The fourth-order valence-corrected chi connectivity index (χ4v) is 0.685. The van der Waals surface area contributed by atoms with Gasteiger partial charge >= 0.3 is 5.31 Å². The second-order valence-electron chi connectivity index (χ2n) is 1.65. The monoisotopic (exact) mass is 140 g/mol. The Morgan fingerprint density at radius 1 is 1.62 bits per heavy atom. The third-order valence-electron chi connectivity index (χ3n) is 0.876. The first-order chi connectivity index (χ1) is 3.71. The molecule has 0 N–H and O–H groups in total. The third kappa shape index (κ3) is 1.58. The summed E-state index contributed by atoms with van der Waals surface area (Å²) < 4.78 is 12.3. The molecule has 1 heterocycles. The van der Waals surface area contributed by atoms with Crippen molar-refractivity contribution in [2.45, 2.75) is 18.2 Å². The summed E-state index contributed by atoms with van der Waals surface area (Å²) >= 11 is 5.06. The van der Waals surface area contributed by atoms with Gasteiger partial charge in [-0.15, -0.1) is 0 Å². The standard InChI is InChI=1S/C4H6ClFO2/c5-4(6)2-1-3-7-8-4/h1-3H2. The van der Waals surface area contributed by atoms with Crippen molar-refractivity contribution < 1.29 is 14.2 Å². The van der Waals surface area contributed by atoms with Gasteiger partial charge in [0.1, 0.15) is 0 Å². The van der Waals surface area contributed by atoms with Crippen molar-refractivity contribution in [3.63, 3.8) is 0 Å². The van der Waals surface area contributed by atoms with E-state index in [-0.39, 0.29) is 6.42 Å². The topological polar surface area (TPSA) is 18.5 Å². The van der Waals surface area contributed by atoms with Crippen molar-refractivity contribution in [1.82, 2.24) is 0 Å². The van der Waals surface area contributed by atoms with Crippen LogP contribution < -0.4 is 0 Å². The average Bonchev–Trinajstić information content (AvgIpc) is 1.65. The lowest BCUT2D eigenvalue weighted by molar-refractivity contribution is -0.390. The first-order valence-corrected chi connectivity index (χ1v) is 2.77. The fourth-order valence-electron chi connectivity index (χ4n) is 0.506. The van der Waals surface area contributed by atoms with Gasteiger partial charge in [-0.05, 0) is 18.0 Å². The zero-order valence-electron chi connectivity index (χ0n) is 4.19. The van der Waals surface area contributed by atoms with Gasteiger partial charge in [0.15, 0.2) is 0 Å². The number of alkyl halides is 2. The van der Waals surface area contributed by atoms with Crippen molar-refractivity contribution >= 4 is 11.6 Å². The molecule has 0 aliphatic carbocycles. The molecule has 0 bridgehead atoms. The summed E-state index contributed by atoms with van der Waals surface area (Å²) in [5.41, 5.74) is 0. The first kappa shape index (κ1) is 6.26. The van der Waals surface area contributed by atoms with E-state index in [4.69, 9.17) is 11.6 Å². The van der Waals surface area contributed by atoms with Crippen molar-refractivity contribution in [2.75, 3.05) is 6.61 Å². The van der Waals surface area contributed by atoms with Gasteiger partial charge in [0.05, 0.1) is 6.61 Å². The summed E-state index contributed by atoms with van der Waals surface area (Å²) in [5, 5.41) is -2.07. The van der Waals surface area contributed by atoms with Crippen LogP contribution >= 0.6 is 11.6 Å². The van der Waals surface area contributed by atoms with Crippen LogP contribution in [-0.2, 0) is 9.78 Å². The maximum Gasteiger partial charge on any atom is 0.314 e. The van der Waals surface area contributed by atoms with Gasteiger partial charge in [0.2, 0.25) is 0 Å². The van der Waals surface area contributed by atoms with E-state index in [2.05, 4.69) is 9.78 Å². The van der Waals surface area contributed by atoms with Crippen LogP contribution in [0.2, 0.25) is 0 Å². The van der Waals surface area contributed by atoms with Gasteiger partial charge in [0.25, 0.3) is 0 Å². The van der Waals surface area contributed by atoms with Crippen molar-refractivity contribution in [3.8, 4) is 0 Å². The minimum atomic E-state index is -2.07. The highest BCUT2D eigenvalue weighted by Gasteiger charge is 2.31. The van der Waals surface area contributed by atoms with E-state index in [1.54, 1.807) is 0 Å². The van der Waals surface area contributed by atoms with E-state index >= 15 is 0 Å².